The van der Waals surface area contributed by atoms with E-state index in [0.717, 1.165) is 0 Å². The van der Waals surface area contributed by atoms with Crippen molar-refractivity contribution in [3.8, 4) is 0 Å². The van der Waals surface area contributed by atoms with Crippen molar-refractivity contribution in [2.45, 2.75) is 50.7 Å². The second-order valence-corrected chi connectivity index (χ2v) is 4.51. The normalized spacial score (nSPS) is 14.8. The number of carbonyl (C=O) groups is 2. The van der Waals surface area contributed by atoms with Crippen molar-refractivity contribution in [2.75, 3.05) is 6.54 Å². The number of aliphatic carboxylic acids is 1. The molecule has 4 N–H and O–H groups in total. The summed E-state index contributed by atoms with van der Waals surface area (Å²) in [6.45, 7) is 0.712. The number of nitrogens with one attached hydrogen (secondary N) is 1. The maximum atomic E-state index is 12.4. The van der Waals surface area contributed by atoms with Crippen molar-refractivity contribution in [3.63, 3.8) is 0 Å². The Morgan fingerprint density at radius 1 is 1.16 bits per heavy atom. The van der Waals surface area contributed by atoms with Crippen molar-refractivity contribution in [1.29, 1.82) is 0 Å². The first-order valence-corrected chi connectivity index (χ1v) is 5.94. The van der Waals surface area contributed by atoms with Crippen molar-refractivity contribution in [3.05, 3.63) is 0 Å². The number of alkyl halides is 3. The zero-order chi connectivity index (χ0) is 15.1. The van der Waals surface area contributed by atoms with Gasteiger partial charge >= 0.3 is 12.1 Å². The number of nitrogens with two attached hydrogens (primary N) is 1. The lowest BCUT2D eigenvalue weighted by molar-refractivity contribution is -0.187. The van der Waals surface area contributed by atoms with Crippen LogP contribution in [0.2, 0.25) is 0 Å². The van der Waals surface area contributed by atoms with Crippen molar-refractivity contribution in [2.24, 2.45) is 5.73 Å². The number of unbranched alkanes of at least 4 members (excludes halogenated alkanes) is 3. The average molecular weight is 284 g/mol. The lowest BCUT2D eigenvalue weighted by Crippen LogP contribution is -2.61. The maximum Gasteiger partial charge on any atom is 0.415 e. The van der Waals surface area contributed by atoms with E-state index in [4.69, 9.17) is 10.8 Å². The van der Waals surface area contributed by atoms with Crippen LogP contribution in [-0.2, 0) is 9.59 Å². The molecule has 8 heteroatoms. The van der Waals surface area contributed by atoms with Crippen LogP contribution in [0, 0.1) is 0 Å². The Balaban J connectivity index is 3.79. The minimum atomic E-state index is -4.79. The van der Waals surface area contributed by atoms with Crippen molar-refractivity contribution in [1.82, 2.24) is 5.32 Å². The summed E-state index contributed by atoms with van der Waals surface area (Å²) in [4.78, 5) is 21.5. The van der Waals surface area contributed by atoms with Crippen LogP contribution in [0.3, 0.4) is 0 Å². The van der Waals surface area contributed by atoms with Crippen LogP contribution in [0.4, 0.5) is 13.2 Å². The van der Waals surface area contributed by atoms with Crippen LogP contribution < -0.4 is 11.1 Å². The molecule has 0 aliphatic carbocycles. The van der Waals surface area contributed by atoms with Crippen LogP contribution in [0.15, 0.2) is 0 Å². The smallest absolute Gasteiger partial charge is 0.415 e. The Bertz CT molecular complexity index is 317. The average Bonchev–Trinajstić information content (AvgIpc) is 2.25. The molecule has 0 saturated carbocycles. The Kier molecular flexibility index (Phi) is 6.82. The number of amides is 1. The minimum absolute atomic E-state index is 0.0707. The van der Waals surface area contributed by atoms with Gasteiger partial charge in [-0.1, -0.05) is 12.8 Å². The zero-order valence-corrected chi connectivity index (χ0v) is 10.7. The minimum Gasteiger partial charge on any atom is -0.481 e. The molecule has 0 heterocycles. The molecule has 0 radical (unpaired) electrons. The number of carbonyl (C=O) groups excluding carboxylic acids is 1. The summed E-state index contributed by atoms with van der Waals surface area (Å²) in [5.41, 5.74) is 2.04. The molecular formula is C11H19F3N2O3. The first-order chi connectivity index (χ1) is 8.59. The van der Waals surface area contributed by atoms with E-state index in [1.807, 2.05) is 0 Å². The summed E-state index contributed by atoms with van der Waals surface area (Å²) in [7, 11) is 0. The van der Waals surface area contributed by atoms with E-state index in [1.165, 1.54) is 0 Å². The van der Waals surface area contributed by atoms with Crippen molar-refractivity contribution >= 4 is 11.9 Å². The Labute approximate surface area is 109 Å². The molecule has 5 nitrogen and oxygen atoms in total. The lowest BCUT2D eigenvalue weighted by atomic mass is 10.0. The highest BCUT2D eigenvalue weighted by Crippen LogP contribution is 2.27. The molecule has 0 fully saturated rings. The third-order valence-corrected chi connectivity index (χ3v) is 2.66. The predicted molar refractivity (Wildman–Crippen MR) is 62.4 cm³/mol. The molecule has 19 heavy (non-hydrogen) atoms. The molecule has 0 aliphatic heterocycles. The van der Waals surface area contributed by atoms with E-state index in [2.05, 4.69) is 5.32 Å². The topological polar surface area (TPSA) is 92.4 Å². The third kappa shape index (κ3) is 6.42. The summed E-state index contributed by atoms with van der Waals surface area (Å²) in [6, 6.07) is 0. The molecule has 0 aromatic carbocycles. The molecule has 1 unspecified atom stereocenters. The van der Waals surface area contributed by atoms with Crippen LogP contribution >= 0.6 is 0 Å². The number of carboxylic acid groups (broad SMARTS) is 1. The maximum absolute atomic E-state index is 12.4. The Morgan fingerprint density at radius 3 is 2.16 bits per heavy atom. The number of carboxylic acids is 1. The summed E-state index contributed by atoms with van der Waals surface area (Å²) in [5.74, 6) is -2.14. The van der Waals surface area contributed by atoms with E-state index < -0.39 is 23.6 Å². The highest BCUT2D eigenvalue weighted by Gasteiger charge is 2.53. The van der Waals surface area contributed by atoms with Crippen LogP contribution in [-0.4, -0.2) is 35.2 Å². The van der Waals surface area contributed by atoms with Gasteiger partial charge in [0.1, 0.15) is 0 Å². The van der Waals surface area contributed by atoms with Gasteiger partial charge in [0.25, 0.3) is 0 Å². The van der Waals surface area contributed by atoms with Gasteiger partial charge in [-0.25, -0.2) is 0 Å². The summed E-state index contributed by atoms with van der Waals surface area (Å²) in [5, 5.41) is 10.5. The first-order valence-electron chi connectivity index (χ1n) is 5.94. The van der Waals surface area contributed by atoms with E-state index in [9.17, 15) is 22.8 Å². The fourth-order valence-corrected chi connectivity index (χ4v) is 1.27. The van der Waals surface area contributed by atoms with E-state index in [0.29, 0.717) is 32.6 Å². The van der Waals surface area contributed by atoms with Gasteiger partial charge in [-0.3, -0.25) is 9.59 Å². The highest BCUT2D eigenvalue weighted by molar-refractivity contribution is 5.86. The van der Waals surface area contributed by atoms with E-state index >= 15 is 0 Å². The quantitative estimate of drug-likeness (QED) is 0.588. The summed E-state index contributed by atoms with van der Waals surface area (Å²) in [6.07, 6.45) is -2.43. The molecule has 0 aliphatic rings. The molecule has 0 saturated heterocycles. The molecule has 0 aromatic rings. The van der Waals surface area contributed by atoms with E-state index in [1.54, 1.807) is 0 Å². The molecule has 0 rings (SSSR count). The van der Waals surface area contributed by atoms with Gasteiger partial charge in [0, 0.05) is 13.0 Å². The molecule has 1 atom stereocenters. The Morgan fingerprint density at radius 2 is 1.68 bits per heavy atom. The number of rotatable bonds is 8. The van der Waals surface area contributed by atoms with Crippen LogP contribution in [0.25, 0.3) is 0 Å². The van der Waals surface area contributed by atoms with Gasteiger partial charge in [-0.15, -0.1) is 0 Å². The number of halogens is 3. The van der Waals surface area contributed by atoms with Crippen molar-refractivity contribution < 1.29 is 27.9 Å². The Hall–Kier alpha value is -1.31. The first kappa shape index (κ1) is 17.7. The summed E-state index contributed by atoms with van der Waals surface area (Å²) < 4.78 is 37.2. The van der Waals surface area contributed by atoms with Gasteiger partial charge in [-0.05, 0) is 19.8 Å². The van der Waals surface area contributed by atoms with E-state index in [-0.39, 0.29) is 13.0 Å². The molecule has 112 valence electrons. The second-order valence-electron chi connectivity index (χ2n) is 4.51. The molecular weight excluding hydrogens is 265 g/mol. The van der Waals surface area contributed by atoms with Gasteiger partial charge in [0.15, 0.2) is 5.54 Å². The number of hydrogen-bond acceptors (Lipinski definition) is 3. The largest absolute Gasteiger partial charge is 0.481 e. The fourth-order valence-electron chi connectivity index (χ4n) is 1.27. The summed E-state index contributed by atoms with van der Waals surface area (Å²) >= 11 is 0. The molecule has 0 bridgehead atoms. The van der Waals surface area contributed by atoms with Gasteiger partial charge in [0.05, 0.1) is 0 Å². The molecule has 0 aromatic heterocycles. The SMILES string of the molecule is CC(N)(C(=O)NCCCCCCC(=O)O)C(F)(F)F. The second kappa shape index (κ2) is 7.32. The van der Waals surface area contributed by atoms with Crippen LogP contribution in [0.5, 0.6) is 0 Å². The van der Waals surface area contributed by atoms with Crippen LogP contribution in [0.1, 0.15) is 39.0 Å². The fraction of sp³-hybridized carbons (Fsp3) is 0.818. The standard InChI is InChI=1S/C11H19F3N2O3/c1-10(15,11(12,13)14)9(19)16-7-5-3-2-4-6-8(17)18/h2-7,15H2,1H3,(H,16,19)(H,17,18). The zero-order valence-electron chi connectivity index (χ0n) is 10.7. The number of hydrogen-bond donors (Lipinski definition) is 3. The third-order valence-electron chi connectivity index (χ3n) is 2.66. The monoisotopic (exact) mass is 284 g/mol. The molecule has 0 spiro atoms. The molecule has 1 amide bonds. The highest BCUT2D eigenvalue weighted by atomic mass is 19.4. The van der Waals surface area contributed by atoms with Gasteiger partial charge in [-0.2, -0.15) is 13.2 Å². The van der Waals surface area contributed by atoms with Gasteiger partial charge in [0.2, 0.25) is 5.91 Å². The van der Waals surface area contributed by atoms with Gasteiger partial charge < -0.3 is 16.2 Å². The lowest BCUT2D eigenvalue weighted by Gasteiger charge is -2.26. The predicted octanol–water partition coefficient (Wildman–Crippen LogP) is 1.42.